The molecule has 3 rings (SSSR count). The van der Waals surface area contributed by atoms with Crippen molar-refractivity contribution in [2.75, 3.05) is 13.7 Å². The molecule has 0 heterocycles. The van der Waals surface area contributed by atoms with Crippen LogP contribution in [0, 0.1) is 40.9 Å². The van der Waals surface area contributed by atoms with Crippen molar-refractivity contribution in [3.8, 4) is 0 Å². The number of carbonyl (C=O) groups is 1. The number of hydrogen-bond acceptors (Lipinski definition) is 3. The van der Waals surface area contributed by atoms with E-state index in [1.165, 1.54) is 32.1 Å². The number of hydrogen-bond donors (Lipinski definition) is 1. The third kappa shape index (κ3) is 4.36. The average Bonchev–Trinajstić information content (AvgIpc) is 2.97. The number of Topliss-reactive ketones (excluding diaryl/α,β-unsaturated/α-hetero) is 1. The van der Waals surface area contributed by atoms with Crippen LogP contribution in [0.2, 0.25) is 0 Å². The minimum absolute atomic E-state index is 0.207. The van der Waals surface area contributed by atoms with Crippen molar-refractivity contribution in [3.05, 3.63) is 0 Å². The lowest BCUT2D eigenvalue weighted by molar-refractivity contribution is -0.129. The molecule has 1 unspecified atom stereocenters. The summed E-state index contributed by atoms with van der Waals surface area (Å²) < 4.78 is 5.70. The largest absolute Gasteiger partial charge is 0.390 e. The van der Waals surface area contributed by atoms with Crippen LogP contribution < -0.4 is 0 Å². The van der Waals surface area contributed by atoms with E-state index < -0.39 is 5.60 Å². The van der Waals surface area contributed by atoms with E-state index in [0.717, 1.165) is 44.6 Å². The molecule has 0 spiro atoms. The summed E-state index contributed by atoms with van der Waals surface area (Å²) in [4.78, 5) is 12.3. The van der Waals surface area contributed by atoms with Crippen molar-refractivity contribution in [2.45, 2.75) is 97.5 Å². The van der Waals surface area contributed by atoms with E-state index in [-0.39, 0.29) is 11.3 Å². The molecular weight excluding hydrogens is 348 g/mol. The van der Waals surface area contributed by atoms with Crippen molar-refractivity contribution in [2.24, 2.45) is 40.9 Å². The summed E-state index contributed by atoms with van der Waals surface area (Å²) in [6.45, 7) is 9.31. The van der Waals surface area contributed by atoms with Gasteiger partial charge in [0.25, 0.3) is 0 Å². The van der Waals surface area contributed by atoms with Crippen LogP contribution >= 0.6 is 0 Å². The van der Waals surface area contributed by atoms with Crippen LogP contribution in [0.3, 0.4) is 0 Å². The monoisotopic (exact) mass is 392 g/mol. The Kier molecular flexibility index (Phi) is 6.97. The van der Waals surface area contributed by atoms with Gasteiger partial charge in [0.05, 0.1) is 5.60 Å². The third-order valence-electron chi connectivity index (χ3n) is 8.96. The molecule has 0 amide bonds. The van der Waals surface area contributed by atoms with Crippen molar-refractivity contribution in [3.63, 3.8) is 0 Å². The van der Waals surface area contributed by atoms with Gasteiger partial charge in [0.1, 0.15) is 5.78 Å². The van der Waals surface area contributed by atoms with Gasteiger partial charge in [0.2, 0.25) is 0 Å². The molecule has 3 nitrogen and oxygen atoms in total. The molecule has 0 saturated heterocycles. The molecule has 162 valence electrons. The molecule has 28 heavy (non-hydrogen) atoms. The Hall–Kier alpha value is -0.410. The number of fused-ring (bicyclic) bond motifs is 3. The second-order valence-corrected chi connectivity index (χ2v) is 11.1. The molecular formula is C25H44O3. The zero-order chi connectivity index (χ0) is 20.5. The number of ketones is 1. The van der Waals surface area contributed by atoms with E-state index in [1.54, 1.807) is 0 Å². The highest BCUT2D eigenvalue weighted by Gasteiger charge is 2.57. The molecule has 0 aromatic rings. The zero-order valence-corrected chi connectivity index (χ0v) is 19.0. The first-order valence-corrected chi connectivity index (χ1v) is 11.9. The Labute approximate surface area is 173 Å². The van der Waals surface area contributed by atoms with E-state index in [0.29, 0.717) is 29.5 Å². The Morgan fingerprint density at radius 2 is 2.00 bits per heavy atom. The van der Waals surface area contributed by atoms with Crippen LogP contribution in [0.25, 0.3) is 0 Å². The lowest BCUT2D eigenvalue weighted by Crippen LogP contribution is -2.49. The molecule has 3 aliphatic carbocycles. The van der Waals surface area contributed by atoms with Gasteiger partial charge < -0.3 is 9.84 Å². The molecule has 3 saturated carbocycles. The van der Waals surface area contributed by atoms with Gasteiger partial charge in [-0.25, -0.2) is 0 Å². The Bertz CT molecular complexity index is 542. The molecule has 3 heteroatoms. The molecule has 8 atom stereocenters. The van der Waals surface area contributed by atoms with Crippen molar-refractivity contribution < 1.29 is 14.6 Å². The van der Waals surface area contributed by atoms with Crippen LogP contribution in [0.4, 0.5) is 0 Å². The maximum absolute atomic E-state index is 12.3. The predicted molar refractivity (Wildman–Crippen MR) is 114 cm³/mol. The minimum atomic E-state index is -0.526. The zero-order valence-electron chi connectivity index (χ0n) is 19.0. The van der Waals surface area contributed by atoms with E-state index in [9.17, 15) is 9.90 Å². The topological polar surface area (TPSA) is 46.5 Å². The SMILES string of the molecule is CCCCC(C)(O)C[C@H]1C[C@H]2CC[C@]3(C)[C@@H](C(C)=O)CC[C@H]3[C@@H]2[C@H](COC)C1. The molecule has 0 aromatic heterocycles. The molecule has 3 fully saturated rings. The maximum Gasteiger partial charge on any atom is 0.133 e. The average molecular weight is 393 g/mol. The van der Waals surface area contributed by atoms with Gasteiger partial charge in [0.15, 0.2) is 0 Å². The van der Waals surface area contributed by atoms with Crippen LogP contribution in [0.1, 0.15) is 91.9 Å². The van der Waals surface area contributed by atoms with Gasteiger partial charge in [-0.1, -0.05) is 26.7 Å². The molecule has 0 aromatic carbocycles. The number of ether oxygens (including phenoxy) is 1. The smallest absolute Gasteiger partial charge is 0.133 e. The summed E-state index contributed by atoms with van der Waals surface area (Å²) in [6.07, 6.45) is 11.4. The second-order valence-electron chi connectivity index (χ2n) is 11.1. The molecule has 1 N–H and O–H groups in total. The maximum atomic E-state index is 12.3. The van der Waals surface area contributed by atoms with E-state index in [1.807, 2.05) is 21.0 Å². The van der Waals surface area contributed by atoms with E-state index in [2.05, 4.69) is 13.8 Å². The first-order valence-electron chi connectivity index (χ1n) is 11.9. The first-order chi connectivity index (χ1) is 13.2. The fourth-order valence-electron chi connectivity index (χ4n) is 7.88. The van der Waals surface area contributed by atoms with Gasteiger partial charge in [-0.05, 0) is 100 Å². The highest BCUT2D eigenvalue weighted by Crippen LogP contribution is 2.63. The van der Waals surface area contributed by atoms with Crippen LogP contribution in [-0.4, -0.2) is 30.2 Å². The normalized spacial score (nSPS) is 42.5. The van der Waals surface area contributed by atoms with E-state index in [4.69, 9.17) is 4.74 Å². The number of rotatable bonds is 8. The fraction of sp³-hybridized carbons (Fsp3) is 0.960. The van der Waals surface area contributed by atoms with E-state index >= 15 is 0 Å². The first kappa shape index (κ1) is 22.3. The Morgan fingerprint density at radius 1 is 1.25 bits per heavy atom. The fourth-order valence-corrected chi connectivity index (χ4v) is 7.88. The quantitative estimate of drug-likeness (QED) is 0.581. The number of aliphatic hydroxyl groups is 1. The summed E-state index contributed by atoms with van der Waals surface area (Å²) >= 11 is 0. The van der Waals surface area contributed by atoms with Gasteiger partial charge in [-0.2, -0.15) is 0 Å². The minimum Gasteiger partial charge on any atom is -0.390 e. The second kappa shape index (κ2) is 8.76. The summed E-state index contributed by atoms with van der Waals surface area (Å²) in [7, 11) is 1.84. The number of methoxy groups -OCH3 is 1. The third-order valence-corrected chi connectivity index (χ3v) is 8.96. The lowest BCUT2D eigenvalue weighted by atomic mass is 9.50. The summed E-state index contributed by atoms with van der Waals surface area (Å²) in [5, 5.41) is 10.9. The lowest BCUT2D eigenvalue weighted by Gasteiger charge is -2.55. The van der Waals surface area contributed by atoms with Crippen LogP contribution in [0.15, 0.2) is 0 Å². The Balaban J connectivity index is 1.75. The van der Waals surface area contributed by atoms with Crippen LogP contribution in [-0.2, 0) is 9.53 Å². The summed E-state index contributed by atoms with van der Waals surface area (Å²) in [5.41, 5.74) is -0.320. The number of unbranched alkanes of at least 4 members (excludes halogenated alkanes) is 1. The molecule has 0 bridgehead atoms. The van der Waals surface area contributed by atoms with Gasteiger partial charge in [-0.3, -0.25) is 4.79 Å². The standard InChI is InChI=1S/C25H44O3/c1-6-7-11-24(3,27)15-18-13-19-10-12-25(4)21(17(2)26)8-9-22(25)23(19)20(14-18)16-28-5/h18-23,27H,6-16H2,1-5H3/t18-,19+,20-,21+,22-,23-,24?,25+/m0/s1. The molecule has 0 aliphatic heterocycles. The Morgan fingerprint density at radius 3 is 2.64 bits per heavy atom. The molecule has 3 aliphatic rings. The summed E-state index contributed by atoms with van der Waals surface area (Å²) in [6, 6.07) is 0. The van der Waals surface area contributed by atoms with Crippen molar-refractivity contribution in [1.29, 1.82) is 0 Å². The van der Waals surface area contributed by atoms with Gasteiger partial charge in [0, 0.05) is 19.6 Å². The highest BCUT2D eigenvalue weighted by molar-refractivity contribution is 5.79. The van der Waals surface area contributed by atoms with Gasteiger partial charge in [-0.15, -0.1) is 0 Å². The molecule has 0 radical (unpaired) electrons. The van der Waals surface area contributed by atoms with Crippen molar-refractivity contribution in [1.82, 2.24) is 0 Å². The predicted octanol–water partition coefficient (Wildman–Crippen LogP) is 5.64. The number of carbonyl (C=O) groups excluding carboxylic acids is 1. The van der Waals surface area contributed by atoms with Gasteiger partial charge >= 0.3 is 0 Å². The van der Waals surface area contributed by atoms with Crippen molar-refractivity contribution >= 4 is 5.78 Å². The van der Waals surface area contributed by atoms with Crippen LogP contribution in [0.5, 0.6) is 0 Å². The summed E-state index contributed by atoms with van der Waals surface area (Å²) in [5.74, 6) is 4.03. The highest BCUT2D eigenvalue weighted by atomic mass is 16.5.